The molecule has 16 heavy (non-hydrogen) atoms. The van der Waals surface area contributed by atoms with Crippen molar-refractivity contribution in [2.24, 2.45) is 5.41 Å². The average molecular weight is 234 g/mol. The van der Waals surface area contributed by atoms with Crippen LogP contribution in [0.5, 0.6) is 0 Å². The Labute approximate surface area is 94.4 Å². The van der Waals surface area contributed by atoms with E-state index in [1.54, 1.807) is 13.8 Å². The Bertz CT molecular complexity index is 268. The fraction of sp³-hybridized carbons (Fsp3) is 0.800. The number of rotatable bonds is 3. The summed E-state index contributed by atoms with van der Waals surface area (Å²) in [6, 6.07) is 0. The molecule has 0 unspecified atom stereocenters. The summed E-state index contributed by atoms with van der Waals surface area (Å²) in [5, 5.41) is 8.11. The maximum Gasteiger partial charge on any atom is 0.550 e. The first kappa shape index (κ1) is 14.5. The minimum absolute atomic E-state index is 0.269. The highest BCUT2D eigenvalue weighted by atomic mass is 17.3. The normalized spacial score (nSPS) is 11.8. The zero-order valence-corrected chi connectivity index (χ0v) is 10.2. The van der Waals surface area contributed by atoms with Crippen LogP contribution in [0.4, 0.5) is 9.59 Å². The number of carbonyl (C=O) groups excluding carboxylic acids is 1. The molecule has 0 bridgehead atoms. The Kier molecular flexibility index (Phi) is 4.59. The minimum atomic E-state index is -1.70. The third-order valence-electron chi connectivity index (χ3n) is 3.03. The lowest BCUT2D eigenvalue weighted by Gasteiger charge is -2.39. The van der Waals surface area contributed by atoms with Crippen LogP contribution in [0, 0.1) is 5.41 Å². The van der Waals surface area contributed by atoms with Crippen LogP contribution < -0.4 is 0 Å². The number of hydrogen-bond donors (Lipinski definition) is 1. The number of hydrogen-bond acceptors (Lipinski definition) is 5. The van der Waals surface area contributed by atoms with E-state index in [-0.39, 0.29) is 5.41 Å². The first-order valence-electron chi connectivity index (χ1n) is 4.93. The van der Waals surface area contributed by atoms with E-state index in [0.29, 0.717) is 0 Å². The molecule has 0 aromatic heterocycles. The third kappa shape index (κ3) is 3.96. The highest BCUT2D eigenvalue weighted by molar-refractivity contribution is 5.62. The number of ether oxygens (including phenoxy) is 1. The van der Waals surface area contributed by atoms with Crippen LogP contribution in [0.3, 0.4) is 0 Å². The van der Waals surface area contributed by atoms with Crippen molar-refractivity contribution >= 4 is 12.3 Å². The quantitative estimate of drug-likeness (QED) is 0.459. The van der Waals surface area contributed by atoms with Gasteiger partial charge in [0.05, 0.1) is 0 Å². The van der Waals surface area contributed by atoms with Crippen molar-refractivity contribution in [2.75, 3.05) is 0 Å². The van der Waals surface area contributed by atoms with E-state index in [1.807, 2.05) is 20.8 Å². The van der Waals surface area contributed by atoms with Crippen molar-refractivity contribution < 1.29 is 29.2 Å². The van der Waals surface area contributed by atoms with Crippen molar-refractivity contribution in [2.45, 2.75) is 46.6 Å². The van der Waals surface area contributed by atoms with Gasteiger partial charge in [-0.05, 0) is 20.3 Å². The van der Waals surface area contributed by atoms with Crippen molar-refractivity contribution in [3.63, 3.8) is 0 Å². The van der Waals surface area contributed by atoms with Gasteiger partial charge in [0.2, 0.25) is 0 Å². The summed E-state index contributed by atoms with van der Waals surface area (Å²) < 4.78 is 4.99. The fourth-order valence-corrected chi connectivity index (χ4v) is 0.859. The molecule has 0 radical (unpaired) electrons. The summed E-state index contributed by atoms with van der Waals surface area (Å²) in [6.45, 7) is 9.26. The minimum Gasteiger partial charge on any atom is -0.447 e. The van der Waals surface area contributed by atoms with Gasteiger partial charge in [0.15, 0.2) is 0 Å². The third-order valence-corrected chi connectivity index (χ3v) is 3.03. The maximum absolute atomic E-state index is 11.1. The van der Waals surface area contributed by atoms with E-state index in [2.05, 4.69) is 9.78 Å². The molecule has 0 spiro atoms. The molecule has 0 aromatic rings. The second kappa shape index (κ2) is 5.05. The molecule has 0 fully saturated rings. The van der Waals surface area contributed by atoms with Crippen molar-refractivity contribution in [1.29, 1.82) is 0 Å². The van der Waals surface area contributed by atoms with Crippen LogP contribution in [-0.4, -0.2) is 23.0 Å². The van der Waals surface area contributed by atoms with Gasteiger partial charge in [-0.1, -0.05) is 20.8 Å². The molecule has 0 rings (SSSR count). The summed E-state index contributed by atoms with van der Waals surface area (Å²) in [5.74, 6) is 0. The van der Waals surface area contributed by atoms with Crippen molar-refractivity contribution in [3.05, 3.63) is 0 Å². The van der Waals surface area contributed by atoms with Gasteiger partial charge in [-0.3, -0.25) is 0 Å². The molecule has 1 N–H and O–H groups in total. The van der Waals surface area contributed by atoms with E-state index in [4.69, 9.17) is 9.84 Å². The highest BCUT2D eigenvalue weighted by Crippen LogP contribution is 2.36. The first-order valence-corrected chi connectivity index (χ1v) is 4.93. The Morgan fingerprint density at radius 3 is 2.00 bits per heavy atom. The molecule has 0 aliphatic carbocycles. The van der Waals surface area contributed by atoms with Crippen LogP contribution in [0.1, 0.15) is 41.0 Å². The van der Waals surface area contributed by atoms with E-state index < -0.39 is 17.9 Å². The van der Waals surface area contributed by atoms with Gasteiger partial charge in [0.1, 0.15) is 5.60 Å². The molecule has 0 aromatic carbocycles. The molecule has 0 amide bonds. The van der Waals surface area contributed by atoms with Crippen LogP contribution >= 0.6 is 0 Å². The summed E-state index contributed by atoms with van der Waals surface area (Å²) in [4.78, 5) is 28.6. The first-order chi connectivity index (χ1) is 7.12. The molecule has 0 heterocycles. The van der Waals surface area contributed by atoms with Crippen LogP contribution in [0.2, 0.25) is 0 Å². The van der Waals surface area contributed by atoms with E-state index >= 15 is 0 Å². The largest absolute Gasteiger partial charge is 0.550 e. The van der Waals surface area contributed by atoms with Crippen LogP contribution in [0.25, 0.3) is 0 Å². The van der Waals surface area contributed by atoms with E-state index in [9.17, 15) is 9.59 Å². The van der Waals surface area contributed by atoms with Crippen molar-refractivity contribution in [1.82, 2.24) is 0 Å². The zero-order valence-electron chi connectivity index (χ0n) is 10.2. The molecular weight excluding hydrogens is 216 g/mol. The lowest BCUT2D eigenvalue weighted by atomic mass is 9.75. The monoisotopic (exact) mass is 234 g/mol. The van der Waals surface area contributed by atoms with Gasteiger partial charge in [0.25, 0.3) is 0 Å². The summed E-state index contributed by atoms with van der Waals surface area (Å²) in [7, 11) is 0. The van der Waals surface area contributed by atoms with Crippen molar-refractivity contribution in [3.8, 4) is 0 Å². The van der Waals surface area contributed by atoms with Crippen LogP contribution in [-0.2, 0) is 14.5 Å². The molecule has 94 valence electrons. The maximum atomic E-state index is 11.1. The van der Waals surface area contributed by atoms with Gasteiger partial charge in [0, 0.05) is 5.41 Å². The zero-order chi connectivity index (χ0) is 13.0. The topological polar surface area (TPSA) is 82.1 Å². The standard InChI is InChI=1S/C10H18O6/c1-6-9(2,3)10(4,5)14-8(13)16-15-7(11)12/h6H2,1-5H3,(H,11,12). The van der Waals surface area contributed by atoms with Gasteiger partial charge in [-0.2, -0.15) is 9.68 Å². The molecule has 0 atom stereocenters. The Hall–Kier alpha value is -1.46. The van der Waals surface area contributed by atoms with Crippen LogP contribution in [0.15, 0.2) is 0 Å². The molecule has 0 aliphatic rings. The highest BCUT2D eigenvalue weighted by Gasteiger charge is 2.40. The lowest BCUT2D eigenvalue weighted by molar-refractivity contribution is -0.228. The molecule has 0 saturated heterocycles. The van der Waals surface area contributed by atoms with Gasteiger partial charge in [-0.25, -0.2) is 9.68 Å². The molecule has 0 saturated carbocycles. The lowest BCUT2D eigenvalue weighted by Crippen LogP contribution is -2.43. The van der Waals surface area contributed by atoms with E-state index in [0.717, 1.165) is 6.42 Å². The predicted molar refractivity (Wildman–Crippen MR) is 54.8 cm³/mol. The summed E-state index contributed by atoms with van der Waals surface area (Å²) in [5.41, 5.74) is -1.06. The molecule has 6 nitrogen and oxygen atoms in total. The predicted octanol–water partition coefficient (Wildman–Crippen LogP) is 2.96. The second-order valence-electron chi connectivity index (χ2n) is 4.53. The molecule has 6 heteroatoms. The van der Waals surface area contributed by atoms with Gasteiger partial charge >= 0.3 is 12.3 Å². The SMILES string of the molecule is CCC(C)(C)C(C)(C)OC(=O)OOC(=O)O. The number of carbonyl (C=O) groups is 2. The summed E-state index contributed by atoms with van der Waals surface area (Å²) in [6.07, 6.45) is -2.09. The van der Waals surface area contributed by atoms with Gasteiger partial charge < -0.3 is 9.84 Å². The number of carboxylic acid groups (broad SMARTS) is 1. The summed E-state index contributed by atoms with van der Waals surface area (Å²) >= 11 is 0. The smallest absolute Gasteiger partial charge is 0.447 e. The van der Waals surface area contributed by atoms with Gasteiger partial charge in [-0.15, -0.1) is 0 Å². The fourth-order valence-electron chi connectivity index (χ4n) is 0.859. The molecule has 0 aliphatic heterocycles. The molecular formula is C10H18O6. The second-order valence-corrected chi connectivity index (χ2v) is 4.53. The Morgan fingerprint density at radius 1 is 1.12 bits per heavy atom. The Balaban J connectivity index is 4.36. The Morgan fingerprint density at radius 2 is 1.62 bits per heavy atom. The average Bonchev–Trinajstić information content (AvgIpc) is 2.13. The van der Waals surface area contributed by atoms with E-state index in [1.165, 1.54) is 0 Å².